The number of rotatable bonds is 4. The molecule has 0 bridgehead atoms. The highest BCUT2D eigenvalue weighted by atomic mass is 32.1. The van der Waals surface area contributed by atoms with Crippen molar-refractivity contribution in [3.8, 4) is 0 Å². The Hall–Kier alpha value is -0.450. The standard InChI is InChI=1S/C16H26N2OS/c1-11-5-6-14-15(8-11)20-16(17-14)10-18-7-3-4-13(18)9-12(2)19/h11-13,19H,3-10H2,1-2H3. The summed E-state index contributed by atoms with van der Waals surface area (Å²) in [5.74, 6) is 0.825. The largest absolute Gasteiger partial charge is 0.393 e. The van der Waals surface area contributed by atoms with E-state index in [0.29, 0.717) is 6.04 Å². The van der Waals surface area contributed by atoms with Crippen molar-refractivity contribution < 1.29 is 5.11 Å². The fourth-order valence-corrected chi connectivity index (χ4v) is 4.90. The van der Waals surface area contributed by atoms with Gasteiger partial charge in [0.25, 0.3) is 0 Å². The highest BCUT2D eigenvalue weighted by Crippen LogP contribution is 2.31. The summed E-state index contributed by atoms with van der Waals surface area (Å²) >= 11 is 1.93. The quantitative estimate of drug-likeness (QED) is 0.927. The van der Waals surface area contributed by atoms with Gasteiger partial charge in [0, 0.05) is 10.9 Å². The van der Waals surface area contributed by atoms with E-state index < -0.39 is 0 Å². The van der Waals surface area contributed by atoms with Crippen LogP contribution in [0.4, 0.5) is 0 Å². The molecular weight excluding hydrogens is 268 g/mol. The number of aliphatic hydroxyl groups excluding tert-OH is 1. The van der Waals surface area contributed by atoms with E-state index in [4.69, 9.17) is 4.98 Å². The van der Waals surface area contributed by atoms with Gasteiger partial charge in [-0.1, -0.05) is 6.92 Å². The van der Waals surface area contributed by atoms with Crippen LogP contribution in [-0.2, 0) is 19.4 Å². The van der Waals surface area contributed by atoms with Gasteiger partial charge in [0.1, 0.15) is 5.01 Å². The monoisotopic (exact) mass is 294 g/mol. The first-order valence-corrected chi connectivity index (χ1v) is 8.83. The zero-order valence-corrected chi connectivity index (χ0v) is 13.5. The molecular formula is C16H26N2OS. The van der Waals surface area contributed by atoms with Gasteiger partial charge in [-0.05, 0) is 57.9 Å². The summed E-state index contributed by atoms with van der Waals surface area (Å²) in [6, 6.07) is 0.551. The van der Waals surface area contributed by atoms with Crippen molar-refractivity contribution in [2.24, 2.45) is 5.92 Å². The number of aliphatic hydroxyl groups is 1. The fraction of sp³-hybridized carbons (Fsp3) is 0.812. The third kappa shape index (κ3) is 3.23. The molecule has 3 rings (SSSR count). The summed E-state index contributed by atoms with van der Waals surface area (Å²) in [6.07, 6.45) is 6.90. The number of hydrogen-bond donors (Lipinski definition) is 1. The van der Waals surface area contributed by atoms with E-state index in [9.17, 15) is 5.11 Å². The third-order valence-corrected chi connectivity index (χ3v) is 5.79. The molecule has 3 atom stereocenters. The Morgan fingerprint density at radius 2 is 2.30 bits per heavy atom. The van der Waals surface area contributed by atoms with Crippen molar-refractivity contribution >= 4 is 11.3 Å². The van der Waals surface area contributed by atoms with Crippen LogP contribution in [0.15, 0.2) is 0 Å². The number of hydrogen-bond acceptors (Lipinski definition) is 4. The molecule has 1 N–H and O–H groups in total. The van der Waals surface area contributed by atoms with Gasteiger partial charge >= 0.3 is 0 Å². The second-order valence-corrected chi connectivity index (χ2v) is 7.84. The average Bonchev–Trinajstić information content (AvgIpc) is 2.95. The number of thiazole rings is 1. The van der Waals surface area contributed by atoms with Gasteiger partial charge in [0.2, 0.25) is 0 Å². The summed E-state index contributed by atoms with van der Waals surface area (Å²) < 4.78 is 0. The molecule has 1 aromatic heterocycles. The van der Waals surface area contributed by atoms with E-state index in [1.807, 2.05) is 18.3 Å². The summed E-state index contributed by atoms with van der Waals surface area (Å²) in [7, 11) is 0. The lowest BCUT2D eigenvalue weighted by atomic mass is 9.93. The van der Waals surface area contributed by atoms with E-state index in [1.54, 1.807) is 0 Å². The molecule has 1 aliphatic heterocycles. The van der Waals surface area contributed by atoms with Crippen molar-refractivity contribution in [2.75, 3.05) is 6.54 Å². The summed E-state index contributed by atoms with van der Waals surface area (Å²) in [6.45, 7) is 6.41. The number of aromatic nitrogens is 1. The molecule has 4 heteroatoms. The van der Waals surface area contributed by atoms with Gasteiger partial charge in [-0.3, -0.25) is 4.90 Å². The summed E-state index contributed by atoms with van der Waals surface area (Å²) in [5, 5.41) is 10.9. The van der Waals surface area contributed by atoms with Gasteiger partial charge in [-0.15, -0.1) is 11.3 Å². The molecule has 2 aliphatic rings. The molecule has 0 radical (unpaired) electrons. The molecule has 2 heterocycles. The Morgan fingerprint density at radius 3 is 3.10 bits per heavy atom. The molecule has 0 aromatic carbocycles. The molecule has 1 saturated heterocycles. The molecule has 0 amide bonds. The highest BCUT2D eigenvalue weighted by Gasteiger charge is 2.27. The smallest absolute Gasteiger partial charge is 0.107 e. The van der Waals surface area contributed by atoms with Crippen LogP contribution in [0.25, 0.3) is 0 Å². The lowest BCUT2D eigenvalue weighted by Crippen LogP contribution is -2.31. The second kappa shape index (κ2) is 6.12. The lowest BCUT2D eigenvalue weighted by Gasteiger charge is -2.24. The highest BCUT2D eigenvalue weighted by molar-refractivity contribution is 7.11. The minimum absolute atomic E-state index is 0.189. The zero-order valence-electron chi connectivity index (χ0n) is 12.6. The van der Waals surface area contributed by atoms with E-state index in [1.165, 1.54) is 47.7 Å². The van der Waals surface area contributed by atoms with Gasteiger partial charge < -0.3 is 5.11 Å². The Morgan fingerprint density at radius 1 is 1.45 bits per heavy atom. The minimum atomic E-state index is -0.189. The van der Waals surface area contributed by atoms with Gasteiger partial charge in [0.15, 0.2) is 0 Å². The van der Waals surface area contributed by atoms with Crippen molar-refractivity contribution in [2.45, 2.75) is 71.1 Å². The van der Waals surface area contributed by atoms with Crippen LogP contribution in [0.5, 0.6) is 0 Å². The Balaban J connectivity index is 1.65. The first-order chi connectivity index (χ1) is 9.61. The van der Waals surface area contributed by atoms with Crippen molar-refractivity contribution in [3.05, 3.63) is 15.6 Å². The summed E-state index contributed by atoms with van der Waals surface area (Å²) in [5.41, 5.74) is 1.37. The molecule has 3 unspecified atom stereocenters. The molecule has 1 fully saturated rings. The van der Waals surface area contributed by atoms with E-state index in [-0.39, 0.29) is 6.10 Å². The zero-order chi connectivity index (χ0) is 14.1. The average molecular weight is 294 g/mol. The third-order valence-electron chi connectivity index (χ3n) is 4.68. The minimum Gasteiger partial charge on any atom is -0.393 e. The van der Waals surface area contributed by atoms with Gasteiger partial charge in [0.05, 0.1) is 18.3 Å². The van der Waals surface area contributed by atoms with Crippen molar-refractivity contribution in [3.63, 3.8) is 0 Å². The topological polar surface area (TPSA) is 36.4 Å². The number of fused-ring (bicyclic) bond motifs is 1. The normalized spacial score (nSPS) is 28.6. The van der Waals surface area contributed by atoms with Crippen LogP contribution in [0.1, 0.15) is 55.1 Å². The first-order valence-electron chi connectivity index (χ1n) is 8.01. The van der Waals surface area contributed by atoms with E-state index in [0.717, 1.165) is 25.4 Å². The number of likely N-dealkylation sites (tertiary alicyclic amines) is 1. The van der Waals surface area contributed by atoms with Crippen LogP contribution in [0, 0.1) is 5.92 Å². The Kier molecular flexibility index (Phi) is 4.43. The Labute approximate surface area is 126 Å². The van der Waals surface area contributed by atoms with Gasteiger partial charge in [-0.2, -0.15) is 0 Å². The van der Waals surface area contributed by atoms with Crippen molar-refractivity contribution in [1.82, 2.24) is 9.88 Å². The second-order valence-electron chi connectivity index (χ2n) is 6.68. The van der Waals surface area contributed by atoms with E-state index >= 15 is 0 Å². The van der Waals surface area contributed by atoms with E-state index in [2.05, 4.69) is 11.8 Å². The van der Waals surface area contributed by atoms with Crippen LogP contribution >= 0.6 is 11.3 Å². The predicted octanol–water partition coefficient (Wildman–Crippen LogP) is 3.00. The number of nitrogens with zero attached hydrogens (tertiary/aromatic N) is 2. The van der Waals surface area contributed by atoms with Crippen LogP contribution in [0.3, 0.4) is 0 Å². The molecule has 112 valence electrons. The molecule has 0 spiro atoms. The molecule has 0 saturated carbocycles. The Bertz CT molecular complexity index is 457. The maximum atomic E-state index is 9.62. The van der Waals surface area contributed by atoms with Crippen molar-refractivity contribution in [1.29, 1.82) is 0 Å². The molecule has 20 heavy (non-hydrogen) atoms. The number of aryl methyl sites for hydroxylation is 1. The summed E-state index contributed by atoms with van der Waals surface area (Å²) in [4.78, 5) is 8.94. The van der Waals surface area contributed by atoms with Crippen LogP contribution in [0.2, 0.25) is 0 Å². The maximum absolute atomic E-state index is 9.62. The lowest BCUT2D eigenvalue weighted by molar-refractivity contribution is 0.130. The van der Waals surface area contributed by atoms with Crippen LogP contribution in [-0.4, -0.2) is 33.7 Å². The molecule has 1 aliphatic carbocycles. The first kappa shape index (κ1) is 14.5. The molecule has 3 nitrogen and oxygen atoms in total. The van der Waals surface area contributed by atoms with Gasteiger partial charge in [-0.25, -0.2) is 4.98 Å². The fourth-order valence-electron chi connectivity index (χ4n) is 3.60. The SMILES string of the molecule is CC(O)CC1CCCN1Cc1nc2c(s1)CC(C)CC2. The van der Waals surface area contributed by atoms with Crippen LogP contribution < -0.4 is 0 Å². The molecule has 1 aromatic rings. The maximum Gasteiger partial charge on any atom is 0.107 e. The predicted molar refractivity (Wildman–Crippen MR) is 83.0 cm³/mol.